The largest absolute Gasteiger partial charge is 0.340 e. The molecule has 0 unspecified atom stereocenters. The number of hydrogen-bond acceptors (Lipinski definition) is 4. The Hall–Kier alpha value is -3.06. The molecule has 0 saturated heterocycles. The van der Waals surface area contributed by atoms with E-state index < -0.39 is 5.82 Å². The summed E-state index contributed by atoms with van der Waals surface area (Å²) in [5.74, 6) is 0.742. The number of fused-ring (bicyclic) bond motifs is 1. The molecule has 0 aliphatic carbocycles. The van der Waals surface area contributed by atoms with Gasteiger partial charge in [0.1, 0.15) is 17.5 Å². The van der Waals surface area contributed by atoms with Crippen molar-refractivity contribution in [2.45, 2.75) is 13.3 Å². The Morgan fingerprint density at radius 3 is 2.70 bits per heavy atom. The molecule has 0 fully saturated rings. The number of hydrogen-bond donors (Lipinski definition) is 1. The van der Waals surface area contributed by atoms with Crippen LogP contribution in [0.2, 0.25) is 5.02 Å². The molecular formula is C19H14ClF2N5. The molecule has 0 bridgehead atoms. The minimum Gasteiger partial charge on any atom is -0.340 e. The second-order valence-corrected chi connectivity index (χ2v) is 6.49. The van der Waals surface area contributed by atoms with Crippen LogP contribution in [0.25, 0.3) is 5.78 Å². The first kappa shape index (κ1) is 17.4. The molecule has 0 aliphatic rings. The molecule has 0 aliphatic heterocycles. The standard InChI is InChI=1S/C19H14ClF2N5/c1-11-7-18(24-14-5-6-16(22)15(20)10-14)27-19(23-11)25-17(26-27)9-12-3-2-4-13(21)8-12/h2-8,10,24H,9H2,1H3. The molecule has 5 nitrogen and oxygen atoms in total. The first-order valence-corrected chi connectivity index (χ1v) is 8.55. The molecular weight excluding hydrogens is 372 g/mol. The van der Waals surface area contributed by atoms with Crippen molar-refractivity contribution in [2.24, 2.45) is 0 Å². The normalized spacial score (nSPS) is 11.1. The third-order valence-corrected chi connectivity index (χ3v) is 4.22. The van der Waals surface area contributed by atoms with E-state index in [4.69, 9.17) is 11.6 Å². The Morgan fingerprint density at radius 2 is 1.93 bits per heavy atom. The number of nitrogens with zero attached hydrogens (tertiary/aromatic N) is 4. The average Bonchev–Trinajstić information content (AvgIpc) is 3.00. The molecule has 0 spiro atoms. The molecule has 0 saturated carbocycles. The predicted octanol–water partition coefficient (Wildman–Crippen LogP) is 4.70. The molecule has 2 heterocycles. The Morgan fingerprint density at radius 1 is 1.07 bits per heavy atom. The predicted molar refractivity (Wildman–Crippen MR) is 99.4 cm³/mol. The Bertz CT molecular complexity index is 1140. The lowest BCUT2D eigenvalue weighted by Crippen LogP contribution is -2.03. The summed E-state index contributed by atoms with van der Waals surface area (Å²) >= 11 is 5.84. The molecule has 1 N–H and O–H groups in total. The Balaban J connectivity index is 1.70. The monoisotopic (exact) mass is 385 g/mol. The maximum absolute atomic E-state index is 13.4. The highest BCUT2D eigenvalue weighted by molar-refractivity contribution is 6.31. The second kappa shape index (κ2) is 6.92. The van der Waals surface area contributed by atoms with Crippen LogP contribution in [0.15, 0.2) is 48.5 Å². The van der Waals surface area contributed by atoms with Crippen molar-refractivity contribution in [3.05, 3.63) is 82.3 Å². The van der Waals surface area contributed by atoms with Crippen LogP contribution in [-0.2, 0) is 6.42 Å². The van der Waals surface area contributed by atoms with Gasteiger partial charge in [0.15, 0.2) is 5.82 Å². The molecule has 136 valence electrons. The zero-order chi connectivity index (χ0) is 19.0. The van der Waals surface area contributed by atoms with E-state index in [0.29, 0.717) is 29.5 Å². The molecule has 8 heteroatoms. The SMILES string of the molecule is Cc1cc(Nc2ccc(F)c(Cl)c2)n2nc(Cc3cccc(F)c3)nc2n1. The quantitative estimate of drug-likeness (QED) is 0.553. The summed E-state index contributed by atoms with van der Waals surface area (Å²) < 4.78 is 28.3. The molecule has 2 aromatic carbocycles. The topological polar surface area (TPSA) is 55.1 Å². The minimum absolute atomic E-state index is 0.0207. The zero-order valence-electron chi connectivity index (χ0n) is 14.2. The van der Waals surface area contributed by atoms with Gasteiger partial charge in [-0.3, -0.25) is 0 Å². The summed E-state index contributed by atoms with van der Waals surface area (Å²) in [5.41, 5.74) is 2.11. The van der Waals surface area contributed by atoms with Crippen molar-refractivity contribution >= 4 is 28.9 Å². The Labute approximate surface area is 158 Å². The first-order chi connectivity index (χ1) is 13.0. The van der Waals surface area contributed by atoms with Gasteiger partial charge in [-0.15, -0.1) is 5.10 Å². The van der Waals surface area contributed by atoms with Crippen LogP contribution in [0.1, 0.15) is 17.1 Å². The minimum atomic E-state index is -0.489. The fourth-order valence-electron chi connectivity index (χ4n) is 2.74. The van der Waals surface area contributed by atoms with Gasteiger partial charge in [0.2, 0.25) is 0 Å². The number of aryl methyl sites for hydroxylation is 1. The van der Waals surface area contributed by atoms with Crippen molar-refractivity contribution in [3.8, 4) is 0 Å². The smallest absolute Gasteiger partial charge is 0.254 e. The van der Waals surface area contributed by atoms with Crippen LogP contribution in [0.3, 0.4) is 0 Å². The van der Waals surface area contributed by atoms with Crippen LogP contribution in [0.5, 0.6) is 0 Å². The van der Waals surface area contributed by atoms with Gasteiger partial charge in [-0.25, -0.2) is 13.8 Å². The van der Waals surface area contributed by atoms with Gasteiger partial charge in [0.25, 0.3) is 5.78 Å². The van der Waals surface area contributed by atoms with Gasteiger partial charge >= 0.3 is 0 Å². The number of rotatable bonds is 4. The van der Waals surface area contributed by atoms with Gasteiger partial charge < -0.3 is 5.32 Å². The van der Waals surface area contributed by atoms with Crippen LogP contribution in [-0.4, -0.2) is 19.6 Å². The van der Waals surface area contributed by atoms with Crippen molar-refractivity contribution < 1.29 is 8.78 Å². The number of nitrogens with one attached hydrogen (secondary N) is 1. The van der Waals surface area contributed by atoms with Gasteiger partial charge in [-0.05, 0) is 42.8 Å². The summed E-state index contributed by atoms with van der Waals surface area (Å²) in [5, 5.41) is 7.64. The van der Waals surface area contributed by atoms with E-state index >= 15 is 0 Å². The van der Waals surface area contributed by atoms with E-state index in [9.17, 15) is 8.78 Å². The van der Waals surface area contributed by atoms with Crippen LogP contribution in [0, 0.1) is 18.6 Å². The summed E-state index contributed by atoms with van der Waals surface area (Å²) in [6.07, 6.45) is 0.377. The number of benzene rings is 2. The molecule has 0 atom stereocenters. The van der Waals surface area contributed by atoms with Gasteiger partial charge in [-0.2, -0.15) is 9.50 Å². The second-order valence-electron chi connectivity index (χ2n) is 6.08. The zero-order valence-corrected chi connectivity index (χ0v) is 15.0. The molecule has 4 aromatic rings. The fourth-order valence-corrected chi connectivity index (χ4v) is 2.92. The highest BCUT2D eigenvalue weighted by Gasteiger charge is 2.12. The van der Waals surface area contributed by atoms with E-state index in [2.05, 4.69) is 20.4 Å². The summed E-state index contributed by atoms with van der Waals surface area (Å²) in [6, 6.07) is 12.4. The first-order valence-electron chi connectivity index (χ1n) is 8.18. The fraction of sp³-hybridized carbons (Fsp3) is 0.105. The maximum atomic E-state index is 13.4. The van der Waals surface area contributed by atoms with Crippen molar-refractivity contribution in [1.82, 2.24) is 19.6 Å². The molecule has 0 radical (unpaired) electrons. The number of anilines is 2. The highest BCUT2D eigenvalue weighted by Crippen LogP contribution is 2.23. The van der Waals surface area contributed by atoms with E-state index in [1.54, 1.807) is 22.7 Å². The van der Waals surface area contributed by atoms with E-state index in [1.165, 1.54) is 24.3 Å². The van der Waals surface area contributed by atoms with Crippen molar-refractivity contribution in [1.29, 1.82) is 0 Å². The van der Waals surface area contributed by atoms with Gasteiger partial charge in [-0.1, -0.05) is 23.7 Å². The Kier molecular flexibility index (Phi) is 4.45. The third-order valence-electron chi connectivity index (χ3n) is 3.93. The number of halogens is 3. The van der Waals surface area contributed by atoms with Crippen LogP contribution in [0.4, 0.5) is 20.3 Å². The lowest BCUT2D eigenvalue weighted by Gasteiger charge is -2.09. The molecule has 4 rings (SSSR count). The van der Waals surface area contributed by atoms with E-state index in [0.717, 1.165) is 11.3 Å². The van der Waals surface area contributed by atoms with Crippen molar-refractivity contribution in [3.63, 3.8) is 0 Å². The van der Waals surface area contributed by atoms with E-state index in [-0.39, 0.29) is 10.8 Å². The molecule has 2 aromatic heterocycles. The molecule has 27 heavy (non-hydrogen) atoms. The van der Waals surface area contributed by atoms with Crippen molar-refractivity contribution in [2.75, 3.05) is 5.32 Å². The van der Waals surface area contributed by atoms with Gasteiger partial charge in [0.05, 0.1) is 5.02 Å². The number of aromatic nitrogens is 4. The summed E-state index contributed by atoms with van der Waals surface area (Å²) in [6.45, 7) is 1.84. The van der Waals surface area contributed by atoms with Gasteiger partial charge in [0, 0.05) is 23.9 Å². The summed E-state index contributed by atoms with van der Waals surface area (Å²) in [7, 11) is 0. The molecule has 0 amide bonds. The van der Waals surface area contributed by atoms with Crippen LogP contribution >= 0.6 is 11.6 Å². The lowest BCUT2D eigenvalue weighted by molar-refractivity contribution is 0.625. The highest BCUT2D eigenvalue weighted by atomic mass is 35.5. The lowest BCUT2D eigenvalue weighted by atomic mass is 10.1. The average molecular weight is 386 g/mol. The third kappa shape index (κ3) is 3.73. The maximum Gasteiger partial charge on any atom is 0.254 e. The van der Waals surface area contributed by atoms with Crippen LogP contribution < -0.4 is 5.32 Å². The summed E-state index contributed by atoms with van der Waals surface area (Å²) in [4.78, 5) is 8.80. The van der Waals surface area contributed by atoms with E-state index in [1.807, 2.05) is 13.0 Å².